The molecule has 1 unspecified atom stereocenters. The SMILES string of the molecule is CCn1ccnc1Cn1ccc2ccc(CCCc3[nH]c4ccccc4c3C3NC(=O)c4ccc(O)cc43)cc21. The largest absolute Gasteiger partial charge is 0.508 e. The van der Waals surface area contributed by atoms with Crippen molar-refractivity contribution >= 4 is 27.7 Å². The number of carbonyl (C=O) groups excluding carboxylic acids is 1. The number of nitrogens with one attached hydrogen (secondary N) is 2. The lowest BCUT2D eigenvalue weighted by Gasteiger charge is -2.15. The van der Waals surface area contributed by atoms with Crippen molar-refractivity contribution in [2.24, 2.45) is 0 Å². The lowest BCUT2D eigenvalue weighted by atomic mass is 9.94. The van der Waals surface area contributed by atoms with Gasteiger partial charge in [0.05, 0.1) is 12.6 Å². The molecule has 7 heteroatoms. The fraction of sp³-hybridized carbons (Fsp3) is 0.212. The second kappa shape index (κ2) is 9.75. The van der Waals surface area contributed by atoms with E-state index in [9.17, 15) is 9.90 Å². The molecule has 0 radical (unpaired) electrons. The number of aryl methyl sites for hydroxylation is 3. The fourth-order valence-electron chi connectivity index (χ4n) is 6.18. The number of imidazole rings is 1. The van der Waals surface area contributed by atoms with Crippen LogP contribution in [0.5, 0.6) is 5.75 Å². The van der Waals surface area contributed by atoms with E-state index in [-0.39, 0.29) is 17.7 Å². The molecule has 3 aromatic heterocycles. The molecular formula is C33H31N5O2. The van der Waals surface area contributed by atoms with Crippen molar-refractivity contribution in [3.8, 4) is 5.75 Å². The normalized spacial score (nSPS) is 14.7. The number of aromatic nitrogens is 4. The molecule has 7 rings (SSSR count). The van der Waals surface area contributed by atoms with Crippen molar-refractivity contribution in [2.75, 3.05) is 0 Å². The molecule has 1 aliphatic heterocycles. The Kier molecular flexibility index (Phi) is 5.92. The van der Waals surface area contributed by atoms with E-state index in [0.29, 0.717) is 5.56 Å². The molecule has 1 amide bonds. The second-order valence-electron chi connectivity index (χ2n) is 10.6. The van der Waals surface area contributed by atoms with Crippen molar-refractivity contribution in [3.05, 3.63) is 119 Å². The van der Waals surface area contributed by atoms with Crippen LogP contribution in [0.4, 0.5) is 0 Å². The van der Waals surface area contributed by atoms with Gasteiger partial charge in [-0.2, -0.15) is 0 Å². The van der Waals surface area contributed by atoms with Crippen LogP contribution >= 0.6 is 0 Å². The second-order valence-corrected chi connectivity index (χ2v) is 10.6. The van der Waals surface area contributed by atoms with Crippen LogP contribution in [0.25, 0.3) is 21.8 Å². The van der Waals surface area contributed by atoms with Gasteiger partial charge in [0.15, 0.2) is 0 Å². The number of aromatic hydroxyl groups is 1. The lowest BCUT2D eigenvalue weighted by Crippen LogP contribution is -2.20. The summed E-state index contributed by atoms with van der Waals surface area (Å²) in [5.74, 6) is 1.13. The minimum Gasteiger partial charge on any atom is -0.508 e. The maximum atomic E-state index is 12.8. The highest BCUT2D eigenvalue weighted by Gasteiger charge is 2.33. The number of para-hydroxylation sites is 1. The van der Waals surface area contributed by atoms with Crippen LogP contribution in [0.3, 0.4) is 0 Å². The maximum Gasteiger partial charge on any atom is 0.252 e. The van der Waals surface area contributed by atoms with E-state index in [1.54, 1.807) is 18.2 Å². The lowest BCUT2D eigenvalue weighted by molar-refractivity contribution is 0.0960. The summed E-state index contributed by atoms with van der Waals surface area (Å²) in [6.07, 6.45) is 8.78. The predicted octanol–water partition coefficient (Wildman–Crippen LogP) is 6.10. The Hall–Kier alpha value is -4.78. The predicted molar refractivity (Wildman–Crippen MR) is 157 cm³/mol. The summed E-state index contributed by atoms with van der Waals surface area (Å²) in [6, 6.07) is 21.8. The number of phenolic OH excluding ortho intramolecular Hbond substituents is 1. The molecule has 0 saturated carbocycles. The molecule has 1 aliphatic rings. The van der Waals surface area contributed by atoms with Crippen LogP contribution in [-0.4, -0.2) is 30.1 Å². The van der Waals surface area contributed by atoms with Gasteiger partial charge in [-0.15, -0.1) is 0 Å². The molecule has 1 atom stereocenters. The summed E-state index contributed by atoms with van der Waals surface area (Å²) in [5.41, 5.74) is 7.23. The van der Waals surface area contributed by atoms with E-state index in [2.05, 4.69) is 73.9 Å². The third-order valence-electron chi connectivity index (χ3n) is 8.17. The van der Waals surface area contributed by atoms with Gasteiger partial charge in [0.25, 0.3) is 5.91 Å². The maximum absolute atomic E-state index is 12.8. The Morgan fingerprint density at radius 1 is 0.975 bits per heavy atom. The highest BCUT2D eigenvalue weighted by atomic mass is 16.3. The molecular weight excluding hydrogens is 498 g/mol. The topological polar surface area (TPSA) is 87.9 Å². The molecule has 3 N–H and O–H groups in total. The Morgan fingerprint density at radius 3 is 2.77 bits per heavy atom. The molecule has 0 saturated heterocycles. The van der Waals surface area contributed by atoms with E-state index in [0.717, 1.165) is 65.9 Å². The van der Waals surface area contributed by atoms with Crippen LogP contribution in [0.1, 0.15) is 58.0 Å². The number of rotatable bonds is 8. The summed E-state index contributed by atoms with van der Waals surface area (Å²) in [5, 5.41) is 15.7. The minimum atomic E-state index is -0.295. The first-order valence-corrected chi connectivity index (χ1v) is 13.9. The van der Waals surface area contributed by atoms with Gasteiger partial charge in [0.2, 0.25) is 0 Å². The van der Waals surface area contributed by atoms with Crippen LogP contribution in [0.15, 0.2) is 85.3 Å². The summed E-state index contributed by atoms with van der Waals surface area (Å²) in [6.45, 7) is 3.79. The number of carbonyl (C=O) groups is 1. The van der Waals surface area contributed by atoms with Crippen molar-refractivity contribution in [2.45, 2.75) is 45.3 Å². The Labute approximate surface area is 232 Å². The van der Waals surface area contributed by atoms with Gasteiger partial charge in [0.1, 0.15) is 11.6 Å². The van der Waals surface area contributed by atoms with E-state index in [1.807, 2.05) is 24.5 Å². The quantitative estimate of drug-likeness (QED) is 0.223. The highest BCUT2D eigenvalue weighted by Crippen LogP contribution is 2.39. The number of benzene rings is 3. The number of nitrogens with zero attached hydrogens (tertiary/aromatic N) is 3. The smallest absolute Gasteiger partial charge is 0.252 e. The number of H-pyrrole nitrogens is 1. The van der Waals surface area contributed by atoms with E-state index >= 15 is 0 Å². The van der Waals surface area contributed by atoms with Crippen LogP contribution in [0.2, 0.25) is 0 Å². The number of hydrogen-bond acceptors (Lipinski definition) is 3. The number of phenols is 1. The van der Waals surface area contributed by atoms with Gasteiger partial charge < -0.3 is 24.5 Å². The molecule has 3 aromatic carbocycles. The first-order valence-electron chi connectivity index (χ1n) is 13.9. The molecule has 4 heterocycles. The van der Waals surface area contributed by atoms with Gasteiger partial charge >= 0.3 is 0 Å². The third kappa shape index (κ3) is 4.14. The van der Waals surface area contributed by atoms with E-state index in [1.165, 1.54) is 16.5 Å². The van der Waals surface area contributed by atoms with Crippen LogP contribution < -0.4 is 5.32 Å². The van der Waals surface area contributed by atoms with Gasteiger partial charge in [-0.1, -0.05) is 30.3 Å². The number of hydrogen-bond donors (Lipinski definition) is 3. The Morgan fingerprint density at radius 2 is 1.88 bits per heavy atom. The highest BCUT2D eigenvalue weighted by molar-refractivity contribution is 6.01. The Bertz CT molecular complexity index is 1870. The molecule has 7 nitrogen and oxygen atoms in total. The monoisotopic (exact) mass is 529 g/mol. The summed E-state index contributed by atoms with van der Waals surface area (Å²) < 4.78 is 4.46. The van der Waals surface area contributed by atoms with E-state index in [4.69, 9.17) is 0 Å². The Balaban J connectivity index is 1.15. The van der Waals surface area contributed by atoms with Gasteiger partial charge in [0, 0.05) is 58.4 Å². The zero-order chi connectivity index (χ0) is 27.2. The molecule has 0 bridgehead atoms. The van der Waals surface area contributed by atoms with Crippen molar-refractivity contribution < 1.29 is 9.90 Å². The van der Waals surface area contributed by atoms with Gasteiger partial charge in [-0.3, -0.25) is 4.79 Å². The number of aromatic amines is 1. The summed E-state index contributed by atoms with van der Waals surface area (Å²) in [7, 11) is 0. The van der Waals surface area contributed by atoms with Crippen molar-refractivity contribution in [1.29, 1.82) is 0 Å². The average molecular weight is 530 g/mol. The average Bonchev–Trinajstić information content (AvgIpc) is 3.74. The standard InChI is InChI=1S/C33H31N5O2/c1-2-37-17-15-34-30(37)20-38-16-14-22-11-10-21(18-29(22)38)6-5-9-28-31(25-7-3-4-8-27(25)35-28)32-26-19-23(39)12-13-24(26)33(40)36-32/h3-4,7-8,10-19,32,35,39H,2,5-6,9,20H2,1H3,(H,36,40). The number of fused-ring (bicyclic) bond motifs is 3. The summed E-state index contributed by atoms with van der Waals surface area (Å²) in [4.78, 5) is 21.0. The van der Waals surface area contributed by atoms with Crippen LogP contribution in [-0.2, 0) is 25.9 Å². The van der Waals surface area contributed by atoms with Crippen molar-refractivity contribution in [1.82, 2.24) is 24.4 Å². The van der Waals surface area contributed by atoms with Gasteiger partial charge in [-0.25, -0.2) is 4.98 Å². The minimum absolute atomic E-state index is 0.103. The first kappa shape index (κ1) is 24.3. The number of amides is 1. The molecule has 200 valence electrons. The van der Waals surface area contributed by atoms with E-state index < -0.39 is 0 Å². The molecule has 0 aliphatic carbocycles. The van der Waals surface area contributed by atoms with Crippen molar-refractivity contribution in [3.63, 3.8) is 0 Å². The first-order chi connectivity index (χ1) is 19.6. The summed E-state index contributed by atoms with van der Waals surface area (Å²) >= 11 is 0. The molecule has 0 spiro atoms. The zero-order valence-corrected chi connectivity index (χ0v) is 22.4. The third-order valence-corrected chi connectivity index (χ3v) is 8.17. The molecule has 0 fully saturated rings. The van der Waals surface area contributed by atoms with Gasteiger partial charge in [-0.05, 0) is 79.1 Å². The molecule has 6 aromatic rings. The molecule has 40 heavy (non-hydrogen) atoms. The fourth-order valence-corrected chi connectivity index (χ4v) is 6.18. The zero-order valence-electron chi connectivity index (χ0n) is 22.4. The van der Waals surface area contributed by atoms with Crippen LogP contribution in [0, 0.1) is 0 Å².